The van der Waals surface area contributed by atoms with E-state index in [9.17, 15) is 14.7 Å². The number of aliphatic hydroxyl groups is 1. The Morgan fingerprint density at radius 3 is 2.20 bits per heavy atom. The van der Waals surface area contributed by atoms with E-state index >= 15 is 0 Å². The number of benzene rings is 1. The summed E-state index contributed by atoms with van der Waals surface area (Å²) < 4.78 is 0. The molecule has 136 valence electrons. The Bertz CT molecular complexity index is 601. The van der Waals surface area contributed by atoms with E-state index in [1.165, 1.54) is 0 Å². The zero-order chi connectivity index (χ0) is 17.9. The first-order chi connectivity index (χ1) is 12.0. The Hall–Kier alpha value is -1.88. The zero-order valence-corrected chi connectivity index (χ0v) is 15.0. The molecule has 25 heavy (non-hydrogen) atoms. The van der Waals surface area contributed by atoms with Crippen LogP contribution in [0.5, 0.6) is 0 Å². The third kappa shape index (κ3) is 4.21. The van der Waals surface area contributed by atoms with Gasteiger partial charge in [0.15, 0.2) is 0 Å². The molecule has 0 bridgehead atoms. The van der Waals surface area contributed by atoms with Gasteiger partial charge in [0.05, 0.1) is 0 Å². The molecule has 1 aromatic rings. The second-order valence-corrected chi connectivity index (χ2v) is 7.54. The van der Waals surface area contributed by atoms with E-state index in [2.05, 4.69) is 0 Å². The molecule has 0 radical (unpaired) electrons. The van der Waals surface area contributed by atoms with Gasteiger partial charge in [-0.3, -0.25) is 9.59 Å². The second-order valence-electron chi connectivity index (χ2n) is 7.54. The standard InChI is InChI=1S/C20H28N2O3/c1-20(25,15-16-7-3-2-4-8-16)19(24)22-13-11-21(12-14-22)18(23)17-9-5-6-10-17/h2-4,7-8,17,25H,5-6,9-15H2,1H3/t20-/m1/s1. The van der Waals surface area contributed by atoms with Gasteiger partial charge in [0, 0.05) is 38.5 Å². The molecule has 1 aliphatic heterocycles. The van der Waals surface area contributed by atoms with Gasteiger partial charge in [0.25, 0.3) is 5.91 Å². The van der Waals surface area contributed by atoms with Gasteiger partial charge >= 0.3 is 0 Å². The molecule has 1 aliphatic carbocycles. The molecule has 1 N–H and O–H groups in total. The van der Waals surface area contributed by atoms with E-state index in [1.807, 2.05) is 35.2 Å². The highest BCUT2D eigenvalue weighted by Gasteiger charge is 2.37. The summed E-state index contributed by atoms with van der Waals surface area (Å²) in [7, 11) is 0. The van der Waals surface area contributed by atoms with Gasteiger partial charge < -0.3 is 14.9 Å². The van der Waals surface area contributed by atoms with Crippen molar-refractivity contribution in [3.8, 4) is 0 Å². The maximum Gasteiger partial charge on any atom is 0.254 e. The van der Waals surface area contributed by atoms with E-state index in [0.717, 1.165) is 31.2 Å². The molecule has 0 aromatic heterocycles. The normalized spacial score (nSPS) is 21.2. The van der Waals surface area contributed by atoms with Crippen molar-refractivity contribution in [2.45, 2.75) is 44.6 Å². The molecule has 1 saturated heterocycles. The zero-order valence-electron chi connectivity index (χ0n) is 15.0. The highest BCUT2D eigenvalue weighted by molar-refractivity contribution is 5.85. The van der Waals surface area contributed by atoms with Gasteiger partial charge in [-0.2, -0.15) is 0 Å². The fraction of sp³-hybridized carbons (Fsp3) is 0.600. The smallest absolute Gasteiger partial charge is 0.254 e. The average Bonchev–Trinajstić information content (AvgIpc) is 3.16. The summed E-state index contributed by atoms with van der Waals surface area (Å²) in [4.78, 5) is 28.8. The first kappa shape index (κ1) is 17.9. The van der Waals surface area contributed by atoms with Gasteiger partial charge in [0.2, 0.25) is 5.91 Å². The summed E-state index contributed by atoms with van der Waals surface area (Å²) in [5.74, 6) is 0.188. The minimum atomic E-state index is -1.42. The number of hydrogen-bond donors (Lipinski definition) is 1. The van der Waals surface area contributed by atoms with Crippen LogP contribution in [0.25, 0.3) is 0 Å². The van der Waals surface area contributed by atoms with Gasteiger partial charge in [-0.1, -0.05) is 43.2 Å². The van der Waals surface area contributed by atoms with Crippen LogP contribution < -0.4 is 0 Å². The molecule has 0 spiro atoms. The highest BCUT2D eigenvalue weighted by atomic mass is 16.3. The van der Waals surface area contributed by atoms with Crippen LogP contribution in [0.4, 0.5) is 0 Å². The molecule has 5 heteroatoms. The summed E-state index contributed by atoms with van der Waals surface area (Å²) in [5, 5.41) is 10.7. The van der Waals surface area contributed by atoms with Crippen LogP contribution in [-0.4, -0.2) is 58.5 Å². The lowest BCUT2D eigenvalue weighted by atomic mass is 9.94. The summed E-state index contributed by atoms with van der Waals surface area (Å²) in [6.07, 6.45) is 4.61. The lowest BCUT2D eigenvalue weighted by Gasteiger charge is -2.38. The van der Waals surface area contributed by atoms with E-state index in [4.69, 9.17) is 0 Å². The molecule has 0 unspecified atom stereocenters. The van der Waals surface area contributed by atoms with Crippen molar-refractivity contribution < 1.29 is 14.7 Å². The molecule has 3 rings (SSSR count). The van der Waals surface area contributed by atoms with Crippen LogP contribution in [-0.2, 0) is 16.0 Å². The minimum absolute atomic E-state index is 0.184. The number of piperazine rings is 1. The molecule has 2 aliphatic rings. The van der Waals surface area contributed by atoms with Crippen molar-refractivity contribution in [2.75, 3.05) is 26.2 Å². The predicted octanol–water partition coefficient (Wildman–Crippen LogP) is 1.84. The summed E-state index contributed by atoms with van der Waals surface area (Å²) in [5.41, 5.74) is -0.477. The molecule has 1 aromatic carbocycles. The van der Waals surface area contributed by atoms with Gasteiger partial charge in [-0.25, -0.2) is 0 Å². The van der Waals surface area contributed by atoms with Gasteiger partial charge in [-0.05, 0) is 25.3 Å². The number of carbonyl (C=O) groups excluding carboxylic acids is 2. The van der Waals surface area contributed by atoms with Crippen LogP contribution in [0.15, 0.2) is 30.3 Å². The van der Waals surface area contributed by atoms with Crippen molar-refractivity contribution in [3.63, 3.8) is 0 Å². The van der Waals surface area contributed by atoms with Crippen molar-refractivity contribution in [1.29, 1.82) is 0 Å². The molecule has 2 fully saturated rings. The summed E-state index contributed by atoms with van der Waals surface area (Å²) in [6.45, 7) is 3.73. The van der Waals surface area contributed by atoms with E-state index < -0.39 is 5.60 Å². The molecular formula is C20H28N2O3. The van der Waals surface area contributed by atoms with Crippen molar-refractivity contribution in [2.24, 2.45) is 5.92 Å². The fourth-order valence-corrected chi connectivity index (χ4v) is 3.97. The Balaban J connectivity index is 1.54. The number of carbonyl (C=O) groups is 2. The second kappa shape index (κ2) is 7.56. The number of hydrogen-bond acceptors (Lipinski definition) is 3. The van der Waals surface area contributed by atoms with Crippen LogP contribution in [0.3, 0.4) is 0 Å². The number of amides is 2. The van der Waals surface area contributed by atoms with Gasteiger partial charge in [0.1, 0.15) is 5.60 Å². The molecule has 1 heterocycles. The van der Waals surface area contributed by atoms with Crippen LogP contribution >= 0.6 is 0 Å². The Labute approximate surface area is 149 Å². The lowest BCUT2D eigenvalue weighted by molar-refractivity contribution is -0.153. The Morgan fingerprint density at radius 1 is 1.04 bits per heavy atom. The molecular weight excluding hydrogens is 316 g/mol. The quantitative estimate of drug-likeness (QED) is 0.907. The Kier molecular flexibility index (Phi) is 5.42. The van der Waals surface area contributed by atoms with Crippen LogP contribution in [0.2, 0.25) is 0 Å². The molecule has 1 saturated carbocycles. The third-order valence-corrected chi connectivity index (χ3v) is 5.43. The van der Waals surface area contributed by atoms with E-state index in [1.54, 1.807) is 11.8 Å². The predicted molar refractivity (Wildman–Crippen MR) is 95.9 cm³/mol. The molecule has 2 amide bonds. The monoisotopic (exact) mass is 344 g/mol. The third-order valence-electron chi connectivity index (χ3n) is 5.43. The largest absolute Gasteiger partial charge is 0.380 e. The molecule has 5 nitrogen and oxygen atoms in total. The summed E-state index contributed by atoms with van der Waals surface area (Å²) >= 11 is 0. The molecule has 1 atom stereocenters. The van der Waals surface area contributed by atoms with E-state index in [-0.39, 0.29) is 17.7 Å². The first-order valence-corrected chi connectivity index (χ1v) is 9.32. The lowest BCUT2D eigenvalue weighted by Crippen LogP contribution is -2.57. The maximum absolute atomic E-state index is 12.7. The SMILES string of the molecule is C[C@@](O)(Cc1ccccc1)C(=O)N1CCN(C(=O)C2CCCC2)CC1. The van der Waals surface area contributed by atoms with Crippen molar-refractivity contribution >= 4 is 11.8 Å². The van der Waals surface area contributed by atoms with E-state index in [0.29, 0.717) is 32.6 Å². The first-order valence-electron chi connectivity index (χ1n) is 9.32. The van der Waals surface area contributed by atoms with Gasteiger partial charge in [-0.15, -0.1) is 0 Å². The number of nitrogens with zero attached hydrogens (tertiary/aromatic N) is 2. The van der Waals surface area contributed by atoms with Crippen molar-refractivity contribution in [1.82, 2.24) is 9.80 Å². The minimum Gasteiger partial charge on any atom is -0.380 e. The topological polar surface area (TPSA) is 60.9 Å². The van der Waals surface area contributed by atoms with Crippen molar-refractivity contribution in [3.05, 3.63) is 35.9 Å². The van der Waals surface area contributed by atoms with Crippen LogP contribution in [0.1, 0.15) is 38.2 Å². The Morgan fingerprint density at radius 2 is 1.60 bits per heavy atom. The van der Waals surface area contributed by atoms with Crippen LogP contribution in [0, 0.1) is 5.92 Å². The average molecular weight is 344 g/mol. The maximum atomic E-state index is 12.7. The number of rotatable bonds is 4. The highest BCUT2D eigenvalue weighted by Crippen LogP contribution is 2.27. The fourth-order valence-electron chi connectivity index (χ4n) is 3.97. The summed E-state index contributed by atoms with van der Waals surface area (Å²) in [6, 6.07) is 9.56.